The van der Waals surface area contributed by atoms with Crippen LogP contribution in [-0.2, 0) is 12.2 Å². The van der Waals surface area contributed by atoms with Crippen molar-refractivity contribution in [2.24, 2.45) is 0 Å². The summed E-state index contributed by atoms with van der Waals surface area (Å²) in [5.41, 5.74) is 2.87. The zero-order valence-electron chi connectivity index (χ0n) is 17.7. The van der Waals surface area contributed by atoms with Crippen molar-refractivity contribution in [1.29, 1.82) is 0 Å². The highest BCUT2D eigenvalue weighted by molar-refractivity contribution is 7.98. The van der Waals surface area contributed by atoms with Gasteiger partial charge >= 0.3 is 0 Å². The molecule has 0 radical (unpaired) electrons. The fourth-order valence-electron chi connectivity index (χ4n) is 3.04. The van der Waals surface area contributed by atoms with Gasteiger partial charge in [-0.25, -0.2) is 4.98 Å². The second kappa shape index (κ2) is 10.5. The van der Waals surface area contributed by atoms with Gasteiger partial charge in [-0.3, -0.25) is 4.79 Å². The van der Waals surface area contributed by atoms with E-state index >= 15 is 0 Å². The number of hydrogen-bond donors (Lipinski definition) is 0. The number of aromatic nitrogens is 1. The number of carbonyl (C=O) groups is 1. The molecule has 3 aromatic rings. The monoisotopic (exact) mass is 442 g/mol. The molecule has 2 aromatic carbocycles. The molecule has 7 heteroatoms. The van der Waals surface area contributed by atoms with Crippen LogP contribution in [0.5, 0.6) is 11.5 Å². The Hall–Kier alpha value is -2.51. The van der Waals surface area contributed by atoms with E-state index in [-0.39, 0.29) is 5.91 Å². The number of thiazole rings is 1. The minimum absolute atomic E-state index is 0.0213. The first-order valence-corrected chi connectivity index (χ1v) is 11.5. The molecule has 1 heterocycles. The van der Waals surface area contributed by atoms with Gasteiger partial charge in [-0.1, -0.05) is 18.2 Å². The van der Waals surface area contributed by atoms with Crippen LogP contribution in [-0.4, -0.2) is 43.6 Å². The van der Waals surface area contributed by atoms with Crippen molar-refractivity contribution in [1.82, 2.24) is 9.88 Å². The van der Waals surface area contributed by atoms with Crippen LogP contribution in [0.25, 0.3) is 0 Å². The molecule has 0 spiro atoms. The van der Waals surface area contributed by atoms with Crippen LogP contribution >= 0.6 is 23.1 Å². The van der Waals surface area contributed by atoms with Crippen molar-refractivity contribution in [3.8, 4) is 11.5 Å². The first kappa shape index (κ1) is 22.2. The Balaban J connectivity index is 1.64. The van der Waals surface area contributed by atoms with E-state index < -0.39 is 0 Å². The highest BCUT2D eigenvalue weighted by Gasteiger charge is 2.16. The second-order valence-electron chi connectivity index (χ2n) is 6.81. The third kappa shape index (κ3) is 5.55. The molecule has 0 aliphatic rings. The second-order valence-corrected chi connectivity index (χ2v) is 8.89. The van der Waals surface area contributed by atoms with Crippen LogP contribution in [0.3, 0.4) is 0 Å². The average molecular weight is 443 g/mol. The molecular weight excluding hydrogens is 416 g/mol. The van der Waals surface area contributed by atoms with Gasteiger partial charge < -0.3 is 14.4 Å². The molecule has 0 aliphatic carbocycles. The number of rotatable bonds is 9. The summed E-state index contributed by atoms with van der Waals surface area (Å²) in [7, 11) is 5.09. The minimum atomic E-state index is 0.0213. The standard InChI is InChI=1S/C23H26N2O3S2/c1-16-24-18(14-29-16)15-30-22-8-6-5-7-19(22)23(26)25(2)12-11-17-9-10-20(27-3)21(13-17)28-4/h5-10,13-14H,11-12,15H2,1-4H3. The van der Waals surface area contributed by atoms with Crippen LogP contribution < -0.4 is 9.47 Å². The van der Waals surface area contributed by atoms with E-state index in [0.29, 0.717) is 18.0 Å². The lowest BCUT2D eigenvalue weighted by molar-refractivity contribution is 0.0793. The number of hydrogen-bond acceptors (Lipinski definition) is 6. The maximum atomic E-state index is 13.1. The number of aryl methyl sites for hydroxylation is 1. The lowest BCUT2D eigenvalue weighted by atomic mass is 10.1. The van der Waals surface area contributed by atoms with E-state index in [9.17, 15) is 4.79 Å². The number of amides is 1. The Bertz CT molecular complexity index is 1000. The molecule has 0 fully saturated rings. The number of benzene rings is 2. The summed E-state index contributed by atoms with van der Waals surface area (Å²) >= 11 is 3.30. The van der Waals surface area contributed by atoms with Gasteiger partial charge in [-0.05, 0) is 43.2 Å². The van der Waals surface area contributed by atoms with Crippen molar-refractivity contribution in [3.05, 3.63) is 69.7 Å². The molecule has 0 bridgehead atoms. The molecule has 3 rings (SSSR count). The highest BCUT2D eigenvalue weighted by atomic mass is 32.2. The summed E-state index contributed by atoms with van der Waals surface area (Å²) < 4.78 is 10.7. The summed E-state index contributed by atoms with van der Waals surface area (Å²) in [4.78, 5) is 20.3. The van der Waals surface area contributed by atoms with Crippen LogP contribution in [0.15, 0.2) is 52.7 Å². The predicted molar refractivity (Wildman–Crippen MR) is 123 cm³/mol. The Kier molecular flexibility index (Phi) is 7.76. The fraction of sp³-hybridized carbons (Fsp3) is 0.304. The molecule has 0 unspecified atom stereocenters. The van der Waals surface area contributed by atoms with Crippen molar-refractivity contribution in [2.75, 3.05) is 27.8 Å². The zero-order valence-corrected chi connectivity index (χ0v) is 19.3. The van der Waals surface area contributed by atoms with Crippen molar-refractivity contribution in [3.63, 3.8) is 0 Å². The van der Waals surface area contributed by atoms with Crippen LogP contribution in [0.4, 0.5) is 0 Å². The highest BCUT2D eigenvalue weighted by Crippen LogP contribution is 2.29. The number of ether oxygens (including phenoxy) is 2. The van der Waals surface area contributed by atoms with Gasteiger partial charge in [-0.2, -0.15) is 0 Å². The molecule has 1 amide bonds. The number of carbonyl (C=O) groups excluding carboxylic acids is 1. The Morgan fingerprint density at radius 1 is 1.13 bits per heavy atom. The van der Waals surface area contributed by atoms with E-state index in [4.69, 9.17) is 9.47 Å². The van der Waals surface area contributed by atoms with Gasteiger partial charge in [0, 0.05) is 29.6 Å². The molecule has 1 aromatic heterocycles. The molecule has 0 N–H and O–H groups in total. The zero-order chi connectivity index (χ0) is 21.5. The lowest BCUT2D eigenvalue weighted by Gasteiger charge is -2.19. The third-order valence-electron chi connectivity index (χ3n) is 4.69. The summed E-state index contributed by atoms with van der Waals surface area (Å²) in [6, 6.07) is 13.6. The predicted octanol–water partition coefficient (Wildman–Crippen LogP) is 5.08. The SMILES string of the molecule is COc1ccc(CCN(C)C(=O)c2ccccc2SCc2csc(C)n2)cc1OC. The maximum absolute atomic E-state index is 13.1. The molecule has 30 heavy (non-hydrogen) atoms. The number of thioether (sulfide) groups is 1. The summed E-state index contributed by atoms with van der Waals surface area (Å²) in [5, 5.41) is 3.13. The van der Waals surface area contributed by atoms with Gasteiger partial charge in [0.2, 0.25) is 0 Å². The smallest absolute Gasteiger partial charge is 0.254 e. The van der Waals surface area contributed by atoms with Crippen molar-refractivity contribution < 1.29 is 14.3 Å². The van der Waals surface area contributed by atoms with Gasteiger partial charge in [0.05, 0.1) is 30.5 Å². The molecule has 0 saturated carbocycles. The first-order valence-electron chi connectivity index (χ1n) is 9.61. The van der Waals surface area contributed by atoms with Gasteiger partial charge in [0.25, 0.3) is 5.91 Å². The quantitative estimate of drug-likeness (QED) is 0.433. The normalized spacial score (nSPS) is 10.7. The number of methoxy groups -OCH3 is 2. The minimum Gasteiger partial charge on any atom is -0.493 e. The average Bonchev–Trinajstić information content (AvgIpc) is 3.20. The molecule has 0 aliphatic heterocycles. The fourth-order valence-corrected chi connectivity index (χ4v) is 4.69. The Morgan fingerprint density at radius 3 is 2.60 bits per heavy atom. The largest absolute Gasteiger partial charge is 0.493 e. The third-order valence-corrected chi connectivity index (χ3v) is 6.62. The Labute approximate surface area is 186 Å². The summed E-state index contributed by atoms with van der Waals surface area (Å²) in [5.74, 6) is 2.17. The van der Waals surface area contributed by atoms with Crippen LogP contribution in [0, 0.1) is 6.92 Å². The first-order chi connectivity index (χ1) is 14.5. The molecular formula is C23H26N2O3S2. The van der Waals surface area contributed by atoms with Gasteiger partial charge in [0.1, 0.15) is 0 Å². The molecule has 0 saturated heterocycles. The molecule has 0 atom stereocenters. The van der Waals surface area contributed by atoms with E-state index in [0.717, 1.165) is 38.9 Å². The summed E-state index contributed by atoms with van der Waals surface area (Å²) in [6.07, 6.45) is 0.732. The van der Waals surface area contributed by atoms with Gasteiger partial charge in [-0.15, -0.1) is 23.1 Å². The van der Waals surface area contributed by atoms with Crippen LogP contribution in [0.2, 0.25) is 0 Å². The summed E-state index contributed by atoms with van der Waals surface area (Å²) in [6.45, 7) is 2.61. The molecule has 158 valence electrons. The molecule has 5 nitrogen and oxygen atoms in total. The maximum Gasteiger partial charge on any atom is 0.254 e. The van der Waals surface area contributed by atoms with Crippen molar-refractivity contribution in [2.45, 2.75) is 24.0 Å². The van der Waals surface area contributed by atoms with E-state index in [1.54, 1.807) is 42.2 Å². The van der Waals surface area contributed by atoms with Crippen molar-refractivity contribution >= 4 is 29.0 Å². The van der Waals surface area contributed by atoms with Crippen LogP contribution in [0.1, 0.15) is 26.6 Å². The van der Waals surface area contributed by atoms with E-state index in [1.807, 2.05) is 56.4 Å². The number of likely N-dealkylation sites (N-methyl/N-ethyl adjacent to an activating group) is 1. The van der Waals surface area contributed by atoms with E-state index in [2.05, 4.69) is 10.4 Å². The topological polar surface area (TPSA) is 51.7 Å². The number of nitrogens with zero attached hydrogens (tertiary/aromatic N) is 2. The van der Waals surface area contributed by atoms with Gasteiger partial charge in [0.15, 0.2) is 11.5 Å². The Morgan fingerprint density at radius 2 is 1.90 bits per heavy atom. The van der Waals surface area contributed by atoms with E-state index in [1.165, 1.54) is 0 Å². The lowest BCUT2D eigenvalue weighted by Crippen LogP contribution is -2.29.